The molecule has 2 aromatic carbocycles. The van der Waals surface area contributed by atoms with Gasteiger partial charge in [-0.05, 0) is 39.3 Å². The number of halogens is 1. The predicted octanol–water partition coefficient (Wildman–Crippen LogP) is 5.75. The Morgan fingerprint density at radius 2 is 1.80 bits per heavy atom. The quantitative estimate of drug-likeness (QED) is 0.325. The number of para-hydroxylation sites is 1. The van der Waals surface area contributed by atoms with Crippen molar-refractivity contribution in [2.24, 2.45) is 0 Å². The zero-order chi connectivity index (χ0) is 25.5. The predicted molar refractivity (Wildman–Crippen MR) is 134 cm³/mol. The number of methoxy groups -OCH3 is 2. The zero-order valence-electron chi connectivity index (χ0n) is 20.2. The fourth-order valence-corrected chi connectivity index (χ4v) is 4.13. The molecule has 10 heteroatoms. The Kier molecular flexibility index (Phi) is 6.29. The number of benzene rings is 2. The summed E-state index contributed by atoms with van der Waals surface area (Å²) in [6.45, 7) is 7.14. The number of anilines is 2. The maximum atomic E-state index is 13.6. The molecule has 0 N–H and O–H groups in total. The Balaban J connectivity index is 2.13. The first-order valence-corrected chi connectivity index (χ1v) is 11.1. The Labute approximate surface area is 207 Å². The number of amides is 1. The van der Waals surface area contributed by atoms with Gasteiger partial charge >= 0.3 is 6.09 Å². The third-order valence-corrected chi connectivity index (χ3v) is 5.58. The van der Waals surface area contributed by atoms with Gasteiger partial charge in [0, 0.05) is 12.1 Å². The van der Waals surface area contributed by atoms with Crippen LogP contribution in [0.4, 0.5) is 16.3 Å². The minimum atomic E-state index is -0.789. The Bertz CT molecular complexity index is 1440. The molecule has 0 radical (unpaired) electrons. The van der Waals surface area contributed by atoms with Crippen molar-refractivity contribution in [2.75, 3.05) is 19.1 Å². The van der Waals surface area contributed by atoms with Crippen LogP contribution in [0.2, 0.25) is 5.02 Å². The lowest BCUT2D eigenvalue weighted by Gasteiger charge is -2.29. The summed E-state index contributed by atoms with van der Waals surface area (Å²) in [4.78, 5) is 35.9. The van der Waals surface area contributed by atoms with E-state index in [0.29, 0.717) is 45.0 Å². The highest BCUT2D eigenvalue weighted by Crippen LogP contribution is 2.40. The maximum Gasteiger partial charge on any atom is 0.420 e. The number of hydrogen-bond acceptors (Lipinski definition) is 7. The van der Waals surface area contributed by atoms with E-state index in [-0.39, 0.29) is 11.6 Å². The van der Waals surface area contributed by atoms with Gasteiger partial charge in [-0.15, -0.1) is 0 Å². The molecule has 2 aromatic heterocycles. The van der Waals surface area contributed by atoms with Crippen molar-refractivity contribution < 1.29 is 23.8 Å². The lowest BCUT2D eigenvalue weighted by molar-refractivity contribution is 0.0598. The third-order valence-electron chi connectivity index (χ3n) is 5.27. The van der Waals surface area contributed by atoms with Crippen LogP contribution in [-0.2, 0) is 4.74 Å². The van der Waals surface area contributed by atoms with E-state index in [1.54, 1.807) is 49.4 Å². The van der Waals surface area contributed by atoms with Crippen LogP contribution in [-0.4, -0.2) is 46.6 Å². The molecular formula is C25H25ClN4O5. The second-order valence-corrected chi connectivity index (χ2v) is 9.21. The molecule has 35 heavy (non-hydrogen) atoms. The van der Waals surface area contributed by atoms with Crippen molar-refractivity contribution in [3.05, 3.63) is 52.9 Å². The molecule has 182 valence electrons. The Hall–Kier alpha value is -3.85. The van der Waals surface area contributed by atoms with Gasteiger partial charge in [-0.2, -0.15) is 0 Å². The summed E-state index contributed by atoms with van der Waals surface area (Å²) in [6, 6.07) is 8.67. The van der Waals surface area contributed by atoms with Gasteiger partial charge in [0.2, 0.25) is 0 Å². The normalized spacial score (nSPS) is 11.5. The van der Waals surface area contributed by atoms with E-state index in [0.717, 1.165) is 5.56 Å². The van der Waals surface area contributed by atoms with E-state index in [1.807, 2.05) is 13.0 Å². The summed E-state index contributed by atoms with van der Waals surface area (Å²) >= 11 is 6.59. The van der Waals surface area contributed by atoms with Crippen molar-refractivity contribution in [3.63, 3.8) is 0 Å². The topological polar surface area (TPSA) is 95.3 Å². The molecule has 4 aromatic rings. The van der Waals surface area contributed by atoms with Crippen LogP contribution >= 0.6 is 11.6 Å². The molecule has 0 saturated carbocycles. The van der Waals surface area contributed by atoms with E-state index in [1.165, 1.54) is 25.3 Å². The van der Waals surface area contributed by atoms with E-state index in [2.05, 4.69) is 4.98 Å². The lowest BCUT2D eigenvalue weighted by Crippen LogP contribution is -2.35. The highest BCUT2D eigenvalue weighted by molar-refractivity contribution is 6.34. The third kappa shape index (κ3) is 4.35. The van der Waals surface area contributed by atoms with Gasteiger partial charge in [0.1, 0.15) is 11.1 Å². The molecule has 0 fully saturated rings. The highest BCUT2D eigenvalue weighted by atomic mass is 35.5. The smallest absolute Gasteiger partial charge is 0.420 e. The molecule has 0 unspecified atom stereocenters. The number of aromatic nitrogens is 3. The van der Waals surface area contributed by atoms with Gasteiger partial charge in [0.25, 0.3) is 0 Å². The van der Waals surface area contributed by atoms with Gasteiger partial charge in [0.05, 0.1) is 42.2 Å². The minimum Gasteiger partial charge on any atom is -0.493 e. The second kappa shape index (κ2) is 9.07. The molecular weight excluding hydrogens is 472 g/mol. The lowest BCUT2D eigenvalue weighted by atomic mass is 10.1. The average Bonchev–Trinajstić information content (AvgIpc) is 3.23. The van der Waals surface area contributed by atoms with Crippen molar-refractivity contribution in [3.8, 4) is 11.5 Å². The molecule has 0 bridgehead atoms. The molecule has 9 nitrogen and oxygen atoms in total. The van der Waals surface area contributed by atoms with Gasteiger partial charge in [0.15, 0.2) is 29.4 Å². The Morgan fingerprint density at radius 1 is 1.11 bits per heavy atom. The number of fused-ring (bicyclic) bond motifs is 3. The van der Waals surface area contributed by atoms with Crippen molar-refractivity contribution in [1.82, 2.24) is 14.4 Å². The number of aryl methyl sites for hydroxylation is 1. The molecule has 2 heterocycles. The van der Waals surface area contributed by atoms with Crippen LogP contribution in [0.3, 0.4) is 0 Å². The largest absolute Gasteiger partial charge is 0.493 e. The van der Waals surface area contributed by atoms with Crippen LogP contribution in [0.1, 0.15) is 37.0 Å². The number of carbonyl (C=O) groups is 2. The van der Waals surface area contributed by atoms with E-state index in [4.69, 9.17) is 30.8 Å². The number of ether oxygens (including phenoxy) is 3. The van der Waals surface area contributed by atoms with Gasteiger partial charge in [-0.1, -0.05) is 23.7 Å². The molecule has 4 rings (SSSR count). The summed E-state index contributed by atoms with van der Waals surface area (Å²) in [5, 5.41) is 0.332. The maximum absolute atomic E-state index is 13.6. The van der Waals surface area contributed by atoms with E-state index >= 15 is 0 Å². The molecule has 0 atom stereocenters. The molecule has 0 aliphatic carbocycles. The summed E-state index contributed by atoms with van der Waals surface area (Å²) in [7, 11) is 3.03. The molecule has 0 saturated heterocycles. The number of rotatable bonds is 5. The van der Waals surface area contributed by atoms with E-state index in [9.17, 15) is 9.59 Å². The summed E-state index contributed by atoms with van der Waals surface area (Å²) < 4.78 is 18.2. The molecule has 1 amide bonds. The number of carbonyl (C=O) groups excluding carboxylic acids is 2. The van der Waals surface area contributed by atoms with Gasteiger partial charge in [-0.25, -0.2) is 19.7 Å². The summed E-state index contributed by atoms with van der Waals surface area (Å²) in [6.07, 6.45) is 1.42. The first-order valence-electron chi connectivity index (χ1n) is 10.8. The van der Waals surface area contributed by atoms with Gasteiger partial charge < -0.3 is 14.2 Å². The van der Waals surface area contributed by atoms with Crippen molar-refractivity contribution in [1.29, 1.82) is 0 Å². The first kappa shape index (κ1) is 24.3. The average molecular weight is 497 g/mol. The van der Waals surface area contributed by atoms with E-state index < -0.39 is 11.7 Å². The van der Waals surface area contributed by atoms with Crippen LogP contribution < -0.4 is 14.4 Å². The molecule has 0 aliphatic rings. The highest BCUT2D eigenvalue weighted by Gasteiger charge is 2.31. The fourth-order valence-electron chi connectivity index (χ4n) is 3.82. The number of imidazole rings is 1. The Morgan fingerprint density at radius 3 is 2.40 bits per heavy atom. The van der Waals surface area contributed by atoms with Crippen molar-refractivity contribution in [2.45, 2.75) is 33.3 Å². The van der Waals surface area contributed by atoms with Crippen LogP contribution in [0.5, 0.6) is 11.5 Å². The second-order valence-electron chi connectivity index (χ2n) is 8.81. The number of aldehydes is 1. The van der Waals surface area contributed by atoms with Gasteiger partial charge in [-0.3, -0.25) is 9.20 Å². The van der Waals surface area contributed by atoms with Crippen LogP contribution in [0.25, 0.3) is 16.6 Å². The number of nitrogens with zero attached hydrogens (tertiary/aromatic N) is 4. The van der Waals surface area contributed by atoms with Crippen molar-refractivity contribution >= 4 is 52.0 Å². The summed E-state index contributed by atoms with van der Waals surface area (Å²) in [5.74, 6) is 1.20. The molecule has 0 aliphatic heterocycles. The first-order chi connectivity index (χ1) is 16.6. The van der Waals surface area contributed by atoms with Crippen LogP contribution in [0, 0.1) is 6.92 Å². The molecule has 0 spiro atoms. The SMILES string of the molecule is COc1cc2nc(N(C(=O)OC(C)(C)C)c3c(C)cccc3Cl)c3cnc(C=O)n3c2cc1OC. The monoisotopic (exact) mass is 496 g/mol. The van der Waals surface area contributed by atoms with Crippen LogP contribution in [0.15, 0.2) is 36.5 Å². The summed E-state index contributed by atoms with van der Waals surface area (Å²) in [5.41, 5.74) is 1.72. The standard InChI is InChI=1S/C25H25ClN4O5/c1-14-8-7-9-15(26)22(14)30(24(32)35-25(2,3)4)23-18-12-27-21(13-31)29(18)17-11-20(34-6)19(33-5)10-16(17)28-23/h7-13H,1-6H3. The zero-order valence-corrected chi connectivity index (χ0v) is 21.0. The number of hydrogen-bond donors (Lipinski definition) is 0. The fraction of sp³-hybridized carbons (Fsp3) is 0.280. The minimum absolute atomic E-state index is 0.126.